The fourth-order valence-electron chi connectivity index (χ4n) is 2.87. The third-order valence-corrected chi connectivity index (χ3v) is 5.21. The van der Waals surface area contributed by atoms with E-state index in [9.17, 15) is 4.79 Å². The number of carbonyl (C=O) groups excluding carboxylic acids is 1. The highest BCUT2D eigenvalue weighted by Gasteiger charge is 2.16. The molecule has 136 valence electrons. The third kappa shape index (κ3) is 3.76. The van der Waals surface area contributed by atoms with Crippen LogP contribution in [-0.2, 0) is 13.6 Å². The summed E-state index contributed by atoms with van der Waals surface area (Å²) in [5, 5.41) is 3.51. The Kier molecular flexibility index (Phi) is 5.34. The summed E-state index contributed by atoms with van der Waals surface area (Å²) in [7, 11) is 5.71. The molecule has 0 bridgehead atoms. The number of aromatic nitrogens is 2. The van der Waals surface area contributed by atoms with Gasteiger partial charge in [0, 0.05) is 31.1 Å². The van der Waals surface area contributed by atoms with E-state index < -0.39 is 0 Å². The summed E-state index contributed by atoms with van der Waals surface area (Å²) in [5.74, 6) is 0.920. The zero-order valence-electron chi connectivity index (χ0n) is 15.8. The van der Waals surface area contributed by atoms with Gasteiger partial charge >= 0.3 is 0 Å². The minimum atomic E-state index is 0.0229. The Morgan fingerprint density at radius 3 is 2.65 bits per heavy atom. The molecule has 0 aliphatic carbocycles. The number of nitrogens with one attached hydrogen (secondary N) is 1. The lowest BCUT2D eigenvalue weighted by molar-refractivity contribution is 0.108. The Morgan fingerprint density at radius 2 is 1.96 bits per heavy atom. The second kappa shape index (κ2) is 7.51. The van der Waals surface area contributed by atoms with E-state index in [2.05, 4.69) is 29.4 Å². The van der Waals surface area contributed by atoms with Crippen molar-refractivity contribution in [3.05, 3.63) is 58.9 Å². The monoisotopic (exact) mass is 368 g/mol. The Hall–Kier alpha value is -2.31. The number of rotatable bonds is 5. The lowest BCUT2D eigenvalue weighted by atomic mass is 10.1. The van der Waals surface area contributed by atoms with Crippen molar-refractivity contribution in [3.63, 3.8) is 0 Å². The molecular weight excluding hydrogens is 344 g/mol. The van der Waals surface area contributed by atoms with Crippen molar-refractivity contribution < 1.29 is 4.79 Å². The summed E-state index contributed by atoms with van der Waals surface area (Å²) < 4.78 is 3.83. The smallest absolute Gasteiger partial charge is 0.234 e. The first-order chi connectivity index (χ1) is 12.4. The van der Waals surface area contributed by atoms with Crippen LogP contribution < -0.4 is 5.32 Å². The van der Waals surface area contributed by atoms with Gasteiger partial charge in [-0.05, 0) is 51.2 Å². The van der Waals surface area contributed by atoms with Crippen LogP contribution in [0.4, 0.5) is 5.69 Å². The number of carbonyl (C=O) groups is 1. The molecule has 1 N–H and O–H groups in total. The van der Waals surface area contributed by atoms with Gasteiger partial charge < -0.3 is 9.88 Å². The first kappa shape index (κ1) is 18.5. The van der Waals surface area contributed by atoms with Crippen LogP contribution in [0, 0.1) is 13.8 Å². The maximum atomic E-state index is 12.6. The highest BCUT2D eigenvalue weighted by atomic mass is 32.2. The molecular formula is C20H24N4OS. The van der Waals surface area contributed by atoms with E-state index in [1.54, 1.807) is 4.31 Å². The van der Waals surface area contributed by atoms with E-state index in [4.69, 9.17) is 0 Å². The molecule has 5 nitrogen and oxygen atoms in total. The highest BCUT2D eigenvalue weighted by Crippen LogP contribution is 2.28. The van der Waals surface area contributed by atoms with Crippen molar-refractivity contribution in [3.8, 4) is 0 Å². The summed E-state index contributed by atoms with van der Waals surface area (Å²) in [6.45, 7) is 4.77. The van der Waals surface area contributed by atoms with Gasteiger partial charge in [0.1, 0.15) is 11.3 Å². The molecule has 0 unspecified atom stereocenters. The predicted octanol–water partition coefficient (Wildman–Crippen LogP) is 4.15. The number of nitrogens with zero attached hydrogens (tertiary/aromatic N) is 3. The number of hydrogen-bond donors (Lipinski definition) is 1. The van der Waals surface area contributed by atoms with E-state index >= 15 is 0 Å². The standard InChI is InChI=1S/C20H24N4OS/c1-13-8-6-7-9-15(13)12-21-17-10-16(20(25)26-23(3)4)11-18-19(17)22-14(2)24(18)5/h6-11,21H,12H2,1-5H3. The van der Waals surface area contributed by atoms with Crippen LogP contribution in [-0.4, -0.2) is 33.1 Å². The van der Waals surface area contributed by atoms with E-state index in [-0.39, 0.29) is 5.12 Å². The Bertz CT molecular complexity index is 962. The van der Waals surface area contributed by atoms with Crippen LogP contribution in [0.2, 0.25) is 0 Å². The summed E-state index contributed by atoms with van der Waals surface area (Å²) in [4.78, 5) is 17.2. The maximum absolute atomic E-state index is 12.6. The summed E-state index contributed by atoms with van der Waals surface area (Å²) in [6, 6.07) is 12.1. The fraction of sp³-hybridized carbons (Fsp3) is 0.300. The molecule has 0 aliphatic rings. The molecule has 2 aromatic carbocycles. The number of imidazole rings is 1. The van der Waals surface area contributed by atoms with E-state index in [1.807, 2.05) is 56.9 Å². The number of aryl methyl sites for hydroxylation is 3. The summed E-state index contributed by atoms with van der Waals surface area (Å²) >= 11 is 1.19. The number of anilines is 1. The first-order valence-corrected chi connectivity index (χ1v) is 9.29. The van der Waals surface area contributed by atoms with E-state index in [1.165, 1.54) is 23.1 Å². The Balaban J connectivity index is 2.00. The zero-order valence-corrected chi connectivity index (χ0v) is 16.6. The molecule has 6 heteroatoms. The van der Waals surface area contributed by atoms with Crippen molar-refractivity contribution in [1.29, 1.82) is 0 Å². The van der Waals surface area contributed by atoms with Gasteiger partial charge in [0.15, 0.2) is 0 Å². The first-order valence-electron chi connectivity index (χ1n) is 8.52. The SMILES string of the molecule is Cc1ccccc1CNc1cc(C(=O)SN(C)C)cc2c1nc(C)n2C. The van der Waals surface area contributed by atoms with Crippen LogP contribution in [0.5, 0.6) is 0 Å². The second-order valence-corrected chi connectivity index (χ2v) is 7.86. The molecule has 0 aliphatic heterocycles. The van der Waals surface area contributed by atoms with E-state index in [0.717, 1.165) is 22.5 Å². The molecule has 1 heterocycles. The molecule has 0 saturated carbocycles. The van der Waals surface area contributed by atoms with Crippen LogP contribution in [0.3, 0.4) is 0 Å². The van der Waals surface area contributed by atoms with Gasteiger partial charge in [-0.3, -0.25) is 4.79 Å². The van der Waals surface area contributed by atoms with Crippen molar-refractivity contribution in [2.75, 3.05) is 19.4 Å². The highest BCUT2D eigenvalue weighted by molar-refractivity contribution is 8.12. The molecule has 0 radical (unpaired) electrons. The van der Waals surface area contributed by atoms with Crippen LogP contribution in [0.15, 0.2) is 36.4 Å². The van der Waals surface area contributed by atoms with Crippen molar-refractivity contribution in [2.24, 2.45) is 7.05 Å². The van der Waals surface area contributed by atoms with Gasteiger partial charge in [0.25, 0.3) is 0 Å². The molecule has 3 rings (SSSR count). The number of fused-ring (bicyclic) bond motifs is 1. The molecule has 0 fully saturated rings. The molecule has 1 aromatic heterocycles. The molecule has 3 aromatic rings. The quantitative estimate of drug-likeness (QED) is 0.686. The maximum Gasteiger partial charge on any atom is 0.234 e. The van der Waals surface area contributed by atoms with Gasteiger partial charge in [0.2, 0.25) is 5.12 Å². The average molecular weight is 369 g/mol. The van der Waals surface area contributed by atoms with Crippen molar-refractivity contribution >= 4 is 33.8 Å². The minimum absolute atomic E-state index is 0.0229. The second-order valence-electron chi connectivity index (χ2n) is 6.58. The van der Waals surface area contributed by atoms with Crippen molar-refractivity contribution in [1.82, 2.24) is 13.9 Å². The van der Waals surface area contributed by atoms with Gasteiger partial charge in [-0.25, -0.2) is 9.29 Å². The predicted molar refractivity (Wildman–Crippen MR) is 110 cm³/mol. The average Bonchev–Trinajstić information content (AvgIpc) is 2.88. The van der Waals surface area contributed by atoms with Gasteiger partial charge in [0.05, 0.1) is 11.2 Å². The Labute approximate surface area is 158 Å². The van der Waals surface area contributed by atoms with Gasteiger partial charge in [-0.1, -0.05) is 24.3 Å². The van der Waals surface area contributed by atoms with Gasteiger partial charge in [-0.2, -0.15) is 0 Å². The normalized spacial score (nSPS) is 11.3. The Morgan fingerprint density at radius 1 is 1.23 bits per heavy atom. The third-order valence-electron chi connectivity index (χ3n) is 4.44. The van der Waals surface area contributed by atoms with Crippen LogP contribution in [0.25, 0.3) is 11.0 Å². The number of hydrogen-bond acceptors (Lipinski definition) is 5. The van der Waals surface area contributed by atoms with Crippen LogP contribution in [0.1, 0.15) is 27.3 Å². The van der Waals surface area contributed by atoms with Crippen molar-refractivity contribution in [2.45, 2.75) is 20.4 Å². The topological polar surface area (TPSA) is 50.2 Å². The summed E-state index contributed by atoms with van der Waals surface area (Å²) in [6.07, 6.45) is 0. The molecule has 26 heavy (non-hydrogen) atoms. The van der Waals surface area contributed by atoms with Gasteiger partial charge in [-0.15, -0.1) is 0 Å². The minimum Gasteiger partial charge on any atom is -0.379 e. The largest absolute Gasteiger partial charge is 0.379 e. The van der Waals surface area contributed by atoms with E-state index in [0.29, 0.717) is 12.1 Å². The zero-order chi connectivity index (χ0) is 18.8. The molecule has 0 saturated heterocycles. The van der Waals surface area contributed by atoms with Crippen LogP contribution >= 0.6 is 11.9 Å². The molecule has 0 atom stereocenters. The molecule has 0 spiro atoms. The molecule has 0 amide bonds. The summed E-state index contributed by atoms with van der Waals surface area (Å²) in [5.41, 5.74) is 5.88. The fourth-order valence-corrected chi connectivity index (χ4v) is 3.43. The lowest BCUT2D eigenvalue weighted by Gasteiger charge is -2.12. The lowest BCUT2D eigenvalue weighted by Crippen LogP contribution is -2.08. The number of benzene rings is 2.